The van der Waals surface area contributed by atoms with E-state index in [0.29, 0.717) is 12.7 Å². The summed E-state index contributed by atoms with van der Waals surface area (Å²) in [4.78, 5) is 0. The zero-order valence-electron chi connectivity index (χ0n) is 13.7. The molecule has 2 fully saturated rings. The summed E-state index contributed by atoms with van der Waals surface area (Å²) in [6.07, 6.45) is 6.76. The molecule has 3 nitrogen and oxygen atoms in total. The molecule has 1 N–H and O–H groups in total. The Morgan fingerprint density at radius 2 is 2.00 bits per heavy atom. The highest BCUT2D eigenvalue weighted by Gasteiger charge is 2.25. The third-order valence-corrected chi connectivity index (χ3v) is 5.24. The second kappa shape index (κ2) is 6.53. The molecule has 118 valence electrons. The van der Waals surface area contributed by atoms with Crippen molar-refractivity contribution in [2.75, 3.05) is 0 Å². The van der Waals surface area contributed by atoms with Crippen molar-refractivity contribution in [3.8, 4) is 0 Å². The molecule has 3 heteroatoms. The van der Waals surface area contributed by atoms with E-state index in [-0.39, 0.29) is 0 Å². The van der Waals surface area contributed by atoms with E-state index in [1.54, 1.807) is 0 Å². The van der Waals surface area contributed by atoms with Gasteiger partial charge in [0.1, 0.15) is 11.5 Å². The van der Waals surface area contributed by atoms with Crippen LogP contribution in [0.5, 0.6) is 0 Å². The molecule has 1 aromatic heterocycles. The largest absolute Gasteiger partial charge is 0.465 e. The summed E-state index contributed by atoms with van der Waals surface area (Å²) in [5.41, 5.74) is 1.22. The molecule has 0 spiro atoms. The number of hydrogen-bond donors (Lipinski definition) is 1. The molecule has 3 atom stereocenters. The average molecular weight is 291 g/mol. The van der Waals surface area contributed by atoms with Gasteiger partial charge in [-0.05, 0) is 56.9 Å². The molecule has 2 aliphatic rings. The summed E-state index contributed by atoms with van der Waals surface area (Å²) in [7, 11) is 0. The summed E-state index contributed by atoms with van der Waals surface area (Å²) in [5, 5.41) is 3.49. The Morgan fingerprint density at radius 1 is 1.19 bits per heavy atom. The average Bonchev–Trinajstić information content (AvgIpc) is 3.22. The van der Waals surface area contributed by atoms with Gasteiger partial charge in [0.15, 0.2) is 0 Å². The van der Waals surface area contributed by atoms with Crippen LogP contribution in [0.1, 0.15) is 63.0 Å². The summed E-state index contributed by atoms with van der Waals surface area (Å²) >= 11 is 0. The van der Waals surface area contributed by atoms with Crippen LogP contribution in [0.15, 0.2) is 10.5 Å². The fourth-order valence-electron chi connectivity index (χ4n) is 3.21. The van der Waals surface area contributed by atoms with E-state index in [9.17, 15) is 0 Å². The fraction of sp³-hybridized carbons (Fsp3) is 0.778. The van der Waals surface area contributed by atoms with Crippen molar-refractivity contribution in [1.82, 2.24) is 5.32 Å². The number of furan rings is 1. The van der Waals surface area contributed by atoms with Gasteiger partial charge in [0, 0.05) is 11.6 Å². The topological polar surface area (TPSA) is 34.4 Å². The molecule has 1 aromatic rings. The smallest absolute Gasteiger partial charge is 0.118 e. The Kier molecular flexibility index (Phi) is 4.70. The Morgan fingerprint density at radius 3 is 2.71 bits per heavy atom. The van der Waals surface area contributed by atoms with Crippen molar-refractivity contribution in [1.29, 1.82) is 0 Å². The molecule has 2 saturated carbocycles. The van der Waals surface area contributed by atoms with Crippen molar-refractivity contribution in [3.63, 3.8) is 0 Å². The Balaban J connectivity index is 1.48. The van der Waals surface area contributed by atoms with Crippen LogP contribution in [0.4, 0.5) is 0 Å². The Hall–Kier alpha value is -0.800. The van der Waals surface area contributed by atoms with Crippen LogP contribution >= 0.6 is 0 Å². The van der Waals surface area contributed by atoms with Crippen molar-refractivity contribution in [2.24, 2.45) is 11.8 Å². The van der Waals surface area contributed by atoms with Gasteiger partial charge in [0.05, 0.1) is 19.3 Å². The minimum atomic E-state index is 0.429. The van der Waals surface area contributed by atoms with E-state index in [4.69, 9.17) is 9.15 Å². The van der Waals surface area contributed by atoms with Crippen LogP contribution in [-0.4, -0.2) is 12.1 Å². The predicted octanol–water partition coefficient (Wildman–Crippen LogP) is 4.18. The highest BCUT2D eigenvalue weighted by molar-refractivity contribution is 5.20. The van der Waals surface area contributed by atoms with Gasteiger partial charge in [-0.15, -0.1) is 0 Å². The van der Waals surface area contributed by atoms with E-state index < -0.39 is 0 Å². The molecule has 2 aliphatic carbocycles. The van der Waals surface area contributed by atoms with Crippen LogP contribution in [0.3, 0.4) is 0 Å². The number of hydrogen-bond acceptors (Lipinski definition) is 3. The lowest BCUT2D eigenvalue weighted by atomic mass is 9.80. The van der Waals surface area contributed by atoms with Crippen LogP contribution in [0, 0.1) is 18.8 Å². The van der Waals surface area contributed by atoms with Gasteiger partial charge in [-0.25, -0.2) is 0 Å². The first-order valence-corrected chi connectivity index (χ1v) is 8.55. The van der Waals surface area contributed by atoms with Crippen molar-refractivity contribution in [3.05, 3.63) is 23.2 Å². The molecule has 0 amide bonds. The van der Waals surface area contributed by atoms with Crippen LogP contribution < -0.4 is 5.32 Å². The second-order valence-corrected chi connectivity index (χ2v) is 7.15. The quantitative estimate of drug-likeness (QED) is 0.853. The first-order chi connectivity index (χ1) is 10.1. The first-order valence-electron chi connectivity index (χ1n) is 8.55. The second-order valence-electron chi connectivity index (χ2n) is 7.15. The lowest BCUT2D eigenvalue weighted by Gasteiger charge is -2.31. The lowest BCUT2D eigenvalue weighted by molar-refractivity contribution is -0.00784. The molecular formula is C18H29NO2. The molecule has 0 aliphatic heterocycles. The Labute approximate surface area is 128 Å². The van der Waals surface area contributed by atoms with Gasteiger partial charge in [-0.3, -0.25) is 0 Å². The minimum absolute atomic E-state index is 0.429. The first kappa shape index (κ1) is 15.1. The maximum atomic E-state index is 6.14. The molecule has 0 aromatic carbocycles. The summed E-state index contributed by atoms with van der Waals surface area (Å²) < 4.78 is 12.0. The van der Waals surface area contributed by atoms with Gasteiger partial charge in [-0.2, -0.15) is 0 Å². The summed E-state index contributed by atoms with van der Waals surface area (Å²) in [6, 6.07) is 2.89. The van der Waals surface area contributed by atoms with Gasteiger partial charge in [0.25, 0.3) is 0 Å². The molecule has 0 bridgehead atoms. The lowest BCUT2D eigenvalue weighted by Crippen LogP contribution is -2.26. The normalized spacial score (nSPS) is 29.8. The molecule has 0 saturated heterocycles. The SMILES string of the molecule is Cc1oc(CNC2CC2)cc1COC1CCC(C)C(C)C1. The zero-order valence-corrected chi connectivity index (χ0v) is 13.7. The highest BCUT2D eigenvalue weighted by Crippen LogP contribution is 2.31. The third-order valence-electron chi connectivity index (χ3n) is 5.24. The minimum Gasteiger partial charge on any atom is -0.465 e. The van der Waals surface area contributed by atoms with E-state index in [2.05, 4.69) is 25.2 Å². The van der Waals surface area contributed by atoms with Gasteiger partial charge >= 0.3 is 0 Å². The van der Waals surface area contributed by atoms with Crippen LogP contribution in [-0.2, 0) is 17.9 Å². The highest BCUT2D eigenvalue weighted by atomic mass is 16.5. The predicted molar refractivity (Wildman–Crippen MR) is 84.1 cm³/mol. The standard InChI is InChI=1S/C18H29NO2/c1-12-4-7-17(8-13(12)2)20-11-15-9-18(21-14(15)3)10-19-16-5-6-16/h9,12-13,16-17,19H,4-8,10-11H2,1-3H3. The molecule has 1 heterocycles. The van der Waals surface area contributed by atoms with Crippen molar-refractivity contribution in [2.45, 2.75) is 78.2 Å². The molecule has 3 rings (SSSR count). The van der Waals surface area contributed by atoms with E-state index in [0.717, 1.165) is 35.9 Å². The fourth-order valence-corrected chi connectivity index (χ4v) is 3.21. The summed E-state index contributed by atoms with van der Waals surface area (Å²) in [6.45, 7) is 8.31. The number of aryl methyl sites for hydroxylation is 1. The van der Waals surface area contributed by atoms with E-state index in [1.807, 2.05) is 6.92 Å². The van der Waals surface area contributed by atoms with E-state index >= 15 is 0 Å². The van der Waals surface area contributed by atoms with E-state index in [1.165, 1.54) is 37.7 Å². The van der Waals surface area contributed by atoms with Crippen LogP contribution in [0.2, 0.25) is 0 Å². The van der Waals surface area contributed by atoms with Crippen molar-refractivity contribution >= 4 is 0 Å². The Bertz CT molecular complexity index is 464. The maximum Gasteiger partial charge on any atom is 0.118 e. The van der Waals surface area contributed by atoms with Gasteiger partial charge < -0.3 is 14.5 Å². The molecular weight excluding hydrogens is 262 g/mol. The third kappa shape index (κ3) is 4.10. The van der Waals surface area contributed by atoms with Crippen molar-refractivity contribution < 1.29 is 9.15 Å². The monoisotopic (exact) mass is 291 g/mol. The van der Waals surface area contributed by atoms with Gasteiger partial charge in [0.2, 0.25) is 0 Å². The molecule has 3 unspecified atom stereocenters. The number of nitrogens with one attached hydrogen (secondary N) is 1. The van der Waals surface area contributed by atoms with Gasteiger partial charge in [-0.1, -0.05) is 13.8 Å². The summed E-state index contributed by atoms with van der Waals surface area (Å²) in [5.74, 6) is 3.69. The maximum absolute atomic E-state index is 6.14. The number of ether oxygens (including phenoxy) is 1. The van der Waals surface area contributed by atoms with Crippen LogP contribution in [0.25, 0.3) is 0 Å². The zero-order chi connectivity index (χ0) is 14.8. The molecule has 0 radical (unpaired) electrons. The molecule has 21 heavy (non-hydrogen) atoms. The number of rotatable bonds is 6.